The Morgan fingerprint density at radius 2 is 1.66 bits per heavy atom. The van der Waals surface area contributed by atoms with Crippen LogP contribution < -0.4 is 14.8 Å². The van der Waals surface area contributed by atoms with Crippen LogP contribution in [-0.4, -0.2) is 25.2 Å². The molecule has 8 nitrogen and oxygen atoms in total. The molecule has 4 rings (SSSR count). The highest BCUT2D eigenvalue weighted by atomic mass is 32.2. The second kappa shape index (κ2) is 10.2. The van der Waals surface area contributed by atoms with Gasteiger partial charge in [0.05, 0.1) is 22.6 Å². The van der Waals surface area contributed by atoms with Crippen LogP contribution in [0.25, 0.3) is 10.8 Å². The number of nitrogens with zero attached hydrogens (tertiary/aromatic N) is 1. The van der Waals surface area contributed by atoms with Crippen LogP contribution in [0.2, 0.25) is 0 Å². The van der Waals surface area contributed by atoms with Crippen LogP contribution in [0.3, 0.4) is 0 Å². The van der Waals surface area contributed by atoms with E-state index in [0.717, 1.165) is 22.0 Å². The largest absolute Gasteiger partial charge is 0.488 e. The van der Waals surface area contributed by atoms with Gasteiger partial charge in [-0.05, 0) is 67.4 Å². The van der Waals surface area contributed by atoms with Crippen molar-refractivity contribution < 1.29 is 22.5 Å². The van der Waals surface area contributed by atoms with Crippen molar-refractivity contribution >= 4 is 38.1 Å². The topological polar surface area (TPSA) is 111 Å². The summed E-state index contributed by atoms with van der Waals surface area (Å²) in [6.07, 6.45) is 0.524. The zero-order valence-corrected chi connectivity index (χ0v) is 20.6. The third-order valence-electron chi connectivity index (χ3n) is 5.53. The lowest BCUT2D eigenvalue weighted by Crippen LogP contribution is -2.16. The van der Waals surface area contributed by atoms with Gasteiger partial charge in [-0.2, -0.15) is 0 Å². The van der Waals surface area contributed by atoms with Gasteiger partial charge in [0, 0.05) is 11.4 Å². The average Bonchev–Trinajstić information content (AvgIpc) is 3.15. The molecule has 0 unspecified atom stereocenters. The first-order valence-electron chi connectivity index (χ1n) is 11.2. The Morgan fingerprint density at radius 3 is 2.29 bits per heavy atom. The van der Waals surface area contributed by atoms with Gasteiger partial charge in [-0.3, -0.25) is 9.52 Å². The van der Waals surface area contributed by atoms with Gasteiger partial charge in [-0.1, -0.05) is 36.3 Å². The maximum atomic E-state index is 13.2. The number of anilines is 2. The number of hydrogen-bond donors (Lipinski definition) is 2. The van der Waals surface area contributed by atoms with Crippen molar-refractivity contribution in [2.75, 3.05) is 15.8 Å². The van der Waals surface area contributed by atoms with E-state index in [4.69, 9.17) is 9.26 Å². The fourth-order valence-electron chi connectivity index (χ4n) is 3.69. The molecule has 3 aromatic carbocycles. The minimum absolute atomic E-state index is 0.0458. The van der Waals surface area contributed by atoms with E-state index >= 15 is 0 Å². The molecule has 1 amide bonds. The van der Waals surface area contributed by atoms with Crippen molar-refractivity contribution in [2.45, 2.75) is 33.8 Å². The second-order valence-corrected chi connectivity index (χ2v) is 10.1. The summed E-state index contributed by atoms with van der Waals surface area (Å²) >= 11 is 0. The number of aromatic nitrogens is 1. The van der Waals surface area contributed by atoms with Gasteiger partial charge in [-0.15, -0.1) is 0 Å². The van der Waals surface area contributed by atoms with Crippen molar-refractivity contribution in [2.24, 2.45) is 0 Å². The van der Waals surface area contributed by atoms with E-state index in [1.807, 2.05) is 44.2 Å². The van der Waals surface area contributed by atoms with Gasteiger partial charge in [-0.25, -0.2) is 8.42 Å². The smallest absolute Gasteiger partial charge is 0.259 e. The number of carbonyl (C=O) groups is 1. The summed E-state index contributed by atoms with van der Waals surface area (Å²) in [4.78, 5) is 13.2. The Kier molecular flexibility index (Phi) is 7.07. The molecule has 0 aliphatic heterocycles. The molecule has 0 aliphatic rings. The molecule has 0 fully saturated rings. The van der Waals surface area contributed by atoms with Crippen LogP contribution in [0, 0.1) is 13.8 Å². The minimum Gasteiger partial charge on any atom is -0.488 e. The zero-order chi connectivity index (χ0) is 25.0. The Bertz CT molecular complexity index is 1440. The molecule has 0 aliphatic carbocycles. The lowest BCUT2D eigenvalue weighted by Gasteiger charge is -2.14. The Labute approximate surface area is 204 Å². The van der Waals surface area contributed by atoms with Crippen LogP contribution in [0.5, 0.6) is 5.75 Å². The Balaban J connectivity index is 1.57. The molecule has 1 aromatic heterocycles. The maximum Gasteiger partial charge on any atom is 0.259 e. The number of carbonyl (C=O) groups excluding carboxylic acids is 1. The van der Waals surface area contributed by atoms with Gasteiger partial charge in [0.15, 0.2) is 0 Å². The van der Waals surface area contributed by atoms with Crippen LogP contribution in [0.15, 0.2) is 65.2 Å². The van der Waals surface area contributed by atoms with E-state index in [1.165, 1.54) is 0 Å². The molecule has 0 atom stereocenters. The molecule has 2 N–H and O–H groups in total. The minimum atomic E-state index is -3.39. The lowest BCUT2D eigenvalue weighted by molar-refractivity contribution is 0.102. The van der Waals surface area contributed by atoms with Gasteiger partial charge >= 0.3 is 0 Å². The highest BCUT2D eigenvalue weighted by Crippen LogP contribution is 2.29. The van der Waals surface area contributed by atoms with E-state index in [1.54, 1.807) is 37.3 Å². The summed E-state index contributed by atoms with van der Waals surface area (Å²) in [7, 11) is -3.39. The number of fused-ring (bicyclic) bond motifs is 1. The van der Waals surface area contributed by atoms with E-state index < -0.39 is 10.0 Å². The second-order valence-electron chi connectivity index (χ2n) is 8.24. The number of aryl methyl sites for hydroxylation is 2. The molecule has 0 bridgehead atoms. The van der Waals surface area contributed by atoms with Gasteiger partial charge in [0.25, 0.3) is 5.91 Å². The molecule has 0 spiro atoms. The Hall–Kier alpha value is -3.85. The standard InChI is InChI=1S/C26H27N3O5S/c1-4-13-35(31,32)29-22-11-9-21(10-12-22)27-26(30)23-14-19-7-5-6-8-20(19)15-25(23)33-16-24-17(2)28-34-18(24)3/h5-12,14-15,29H,4,13,16H2,1-3H3,(H,27,30). The molecule has 0 saturated carbocycles. The van der Waals surface area contributed by atoms with E-state index in [9.17, 15) is 13.2 Å². The number of sulfonamides is 1. The monoisotopic (exact) mass is 493 g/mol. The Morgan fingerprint density at radius 1 is 1.00 bits per heavy atom. The number of rotatable bonds is 9. The van der Waals surface area contributed by atoms with Crippen molar-refractivity contribution in [1.82, 2.24) is 5.16 Å². The van der Waals surface area contributed by atoms with Gasteiger partial charge < -0.3 is 14.6 Å². The van der Waals surface area contributed by atoms with Crippen molar-refractivity contribution in [3.05, 3.63) is 83.2 Å². The molecule has 0 saturated heterocycles. The van der Waals surface area contributed by atoms with Crippen LogP contribution >= 0.6 is 0 Å². The lowest BCUT2D eigenvalue weighted by atomic mass is 10.0. The first-order valence-corrected chi connectivity index (χ1v) is 12.9. The SMILES string of the molecule is CCCS(=O)(=O)Nc1ccc(NC(=O)c2cc3ccccc3cc2OCc2c(C)noc2C)cc1. The van der Waals surface area contributed by atoms with Crippen LogP contribution in [0.4, 0.5) is 11.4 Å². The normalized spacial score (nSPS) is 11.4. The summed E-state index contributed by atoms with van der Waals surface area (Å²) in [5.41, 5.74) is 2.92. The number of benzene rings is 3. The molecule has 4 aromatic rings. The van der Waals surface area contributed by atoms with Crippen molar-refractivity contribution in [3.8, 4) is 5.75 Å². The third kappa shape index (κ3) is 5.81. The predicted molar refractivity (Wildman–Crippen MR) is 136 cm³/mol. The van der Waals surface area contributed by atoms with Gasteiger partial charge in [0.1, 0.15) is 18.1 Å². The summed E-state index contributed by atoms with van der Waals surface area (Å²) in [5, 5.41) is 8.67. The molecule has 0 radical (unpaired) electrons. The zero-order valence-electron chi connectivity index (χ0n) is 19.8. The number of nitrogens with one attached hydrogen (secondary N) is 2. The molecule has 35 heavy (non-hydrogen) atoms. The molecule has 9 heteroatoms. The molecule has 182 valence electrons. The first-order chi connectivity index (χ1) is 16.8. The summed E-state index contributed by atoms with van der Waals surface area (Å²) in [5.74, 6) is 0.808. The van der Waals surface area contributed by atoms with E-state index in [2.05, 4.69) is 15.2 Å². The average molecular weight is 494 g/mol. The molecular weight excluding hydrogens is 466 g/mol. The van der Waals surface area contributed by atoms with Crippen LogP contribution in [0.1, 0.15) is 40.7 Å². The maximum absolute atomic E-state index is 13.2. The first kappa shape index (κ1) is 24.3. The predicted octanol–water partition coefficient (Wildman–Crippen LogP) is 5.43. The van der Waals surface area contributed by atoms with Gasteiger partial charge in [0.2, 0.25) is 10.0 Å². The summed E-state index contributed by atoms with van der Waals surface area (Å²) in [6.45, 7) is 5.68. The van der Waals surface area contributed by atoms with Crippen LogP contribution in [-0.2, 0) is 16.6 Å². The number of hydrogen-bond acceptors (Lipinski definition) is 6. The molecule has 1 heterocycles. The highest BCUT2D eigenvalue weighted by Gasteiger charge is 2.17. The summed E-state index contributed by atoms with van der Waals surface area (Å²) < 4.78 is 37.8. The van der Waals surface area contributed by atoms with Crippen molar-refractivity contribution in [1.29, 1.82) is 0 Å². The third-order valence-corrected chi connectivity index (χ3v) is 7.03. The summed E-state index contributed by atoms with van der Waals surface area (Å²) in [6, 6.07) is 17.9. The quantitative estimate of drug-likeness (QED) is 0.322. The number of amides is 1. The highest BCUT2D eigenvalue weighted by molar-refractivity contribution is 7.92. The molecular formula is C26H27N3O5S. The fraction of sp³-hybridized carbons (Fsp3) is 0.231. The fourth-order valence-corrected chi connectivity index (χ4v) is 4.83. The van der Waals surface area contributed by atoms with Crippen molar-refractivity contribution in [3.63, 3.8) is 0 Å². The van der Waals surface area contributed by atoms with E-state index in [0.29, 0.717) is 34.9 Å². The van der Waals surface area contributed by atoms with E-state index in [-0.39, 0.29) is 18.3 Å². The number of ether oxygens (including phenoxy) is 1.